The molecule has 0 amide bonds. The number of ether oxygens (including phenoxy) is 3. The quantitative estimate of drug-likeness (QED) is 0.262. The number of pyridine rings is 1. The van der Waals surface area contributed by atoms with Crippen molar-refractivity contribution >= 4 is 27.4 Å². The van der Waals surface area contributed by atoms with Crippen molar-refractivity contribution in [2.24, 2.45) is 0 Å². The molecule has 4 rings (SSSR count). The number of aromatic nitrogens is 1. The molecule has 8 nitrogen and oxygen atoms in total. The Morgan fingerprint density at radius 1 is 0.935 bits per heavy atom. The van der Waals surface area contributed by atoms with Crippen LogP contribution in [0.3, 0.4) is 0 Å². The highest BCUT2D eigenvalue weighted by Crippen LogP contribution is 2.45. The van der Waals surface area contributed by atoms with Crippen LogP contribution in [0.5, 0.6) is 11.5 Å². The smallest absolute Gasteiger partial charge is 0.277 e. The summed E-state index contributed by atoms with van der Waals surface area (Å²) in [5, 5.41) is 13.3. The molecular weight excluding hydrogens is 400 g/mol. The third-order valence-electron chi connectivity index (χ3n) is 5.24. The van der Waals surface area contributed by atoms with Crippen LogP contribution in [0, 0.1) is 10.1 Å². The largest absolute Gasteiger partial charge is 0.496 e. The van der Waals surface area contributed by atoms with Crippen LogP contribution in [0.2, 0.25) is 0 Å². The van der Waals surface area contributed by atoms with Crippen molar-refractivity contribution in [3.05, 3.63) is 75.1 Å². The van der Waals surface area contributed by atoms with Gasteiger partial charge in [-0.3, -0.25) is 19.5 Å². The van der Waals surface area contributed by atoms with E-state index in [0.29, 0.717) is 27.8 Å². The fourth-order valence-electron chi connectivity index (χ4n) is 3.97. The fraction of sp³-hybridized carbons (Fsp3) is 0.174. The van der Waals surface area contributed by atoms with Crippen LogP contribution in [0.1, 0.15) is 0 Å². The van der Waals surface area contributed by atoms with Gasteiger partial charge in [0.15, 0.2) is 0 Å². The molecule has 1 heterocycles. The second-order valence-corrected chi connectivity index (χ2v) is 6.85. The van der Waals surface area contributed by atoms with Crippen molar-refractivity contribution in [3.8, 4) is 22.6 Å². The van der Waals surface area contributed by atoms with Gasteiger partial charge < -0.3 is 14.2 Å². The summed E-state index contributed by atoms with van der Waals surface area (Å²) in [5.41, 5.74) is 0.970. The molecule has 0 aliphatic rings. The molecule has 31 heavy (non-hydrogen) atoms. The zero-order valence-corrected chi connectivity index (χ0v) is 17.2. The number of hydrogen-bond acceptors (Lipinski definition) is 6. The lowest BCUT2D eigenvalue weighted by atomic mass is 9.96. The van der Waals surface area contributed by atoms with Gasteiger partial charge in [0.25, 0.3) is 11.2 Å². The number of para-hydroxylation sites is 2. The van der Waals surface area contributed by atoms with E-state index < -0.39 is 4.92 Å². The first kappa shape index (κ1) is 20.4. The second-order valence-electron chi connectivity index (χ2n) is 6.85. The SMILES string of the molecule is COCn1c(=O)c2c(OC)c(-c3ccccc3[N+](=O)[O-])cc(OC)c2c2ccccc21. The van der Waals surface area contributed by atoms with E-state index in [1.165, 1.54) is 32.0 Å². The van der Waals surface area contributed by atoms with Gasteiger partial charge >= 0.3 is 0 Å². The number of fused-ring (bicyclic) bond motifs is 3. The Hall–Kier alpha value is -3.91. The lowest BCUT2D eigenvalue weighted by Gasteiger charge is -2.19. The van der Waals surface area contributed by atoms with E-state index in [1.54, 1.807) is 24.3 Å². The van der Waals surface area contributed by atoms with Gasteiger partial charge in [-0.05, 0) is 18.2 Å². The standard InChI is InChI=1S/C23H20N2O6/c1-29-13-24-17-10-6-5-9-15(17)20-19(30-2)12-16(22(31-3)21(20)23(24)26)14-8-4-7-11-18(14)25(27)28/h4-12H,13H2,1-3H3. The first-order valence-electron chi connectivity index (χ1n) is 9.46. The molecule has 0 aliphatic carbocycles. The first-order valence-corrected chi connectivity index (χ1v) is 9.46. The van der Waals surface area contributed by atoms with Crippen molar-refractivity contribution in [1.29, 1.82) is 0 Å². The molecule has 0 fully saturated rings. The summed E-state index contributed by atoms with van der Waals surface area (Å²) >= 11 is 0. The maximum absolute atomic E-state index is 13.6. The van der Waals surface area contributed by atoms with Crippen LogP contribution < -0.4 is 15.0 Å². The Bertz CT molecular complexity index is 1380. The molecule has 0 saturated carbocycles. The Kier molecular flexibility index (Phi) is 5.31. The maximum Gasteiger partial charge on any atom is 0.277 e. The van der Waals surface area contributed by atoms with Gasteiger partial charge in [-0.15, -0.1) is 0 Å². The highest BCUT2D eigenvalue weighted by atomic mass is 16.6. The van der Waals surface area contributed by atoms with Gasteiger partial charge in [0.2, 0.25) is 0 Å². The minimum atomic E-state index is -0.463. The fourth-order valence-corrected chi connectivity index (χ4v) is 3.97. The summed E-state index contributed by atoms with van der Waals surface area (Å²) < 4.78 is 18.1. The van der Waals surface area contributed by atoms with Crippen molar-refractivity contribution in [2.45, 2.75) is 6.73 Å². The van der Waals surface area contributed by atoms with E-state index in [1.807, 2.05) is 24.3 Å². The molecule has 0 saturated heterocycles. The van der Waals surface area contributed by atoms with Crippen LogP contribution >= 0.6 is 0 Å². The Balaban J connectivity index is 2.26. The average molecular weight is 420 g/mol. The summed E-state index contributed by atoms with van der Waals surface area (Å²) in [7, 11) is 4.45. The number of rotatable bonds is 6. The molecule has 0 N–H and O–H groups in total. The second kappa shape index (κ2) is 8.08. The summed E-state index contributed by atoms with van der Waals surface area (Å²) in [6, 6.07) is 15.4. The van der Waals surface area contributed by atoms with Crippen molar-refractivity contribution in [2.75, 3.05) is 21.3 Å². The van der Waals surface area contributed by atoms with Crippen molar-refractivity contribution in [3.63, 3.8) is 0 Å². The molecule has 0 spiro atoms. The molecule has 3 aromatic carbocycles. The topological polar surface area (TPSA) is 92.8 Å². The van der Waals surface area contributed by atoms with Crippen LogP contribution in [0.25, 0.3) is 32.8 Å². The van der Waals surface area contributed by atoms with Gasteiger partial charge in [-0.2, -0.15) is 0 Å². The Morgan fingerprint density at radius 3 is 2.32 bits per heavy atom. The zero-order valence-electron chi connectivity index (χ0n) is 17.2. The highest BCUT2D eigenvalue weighted by molar-refractivity contribution is 6.13. The predicted molar refractivity (Wildman–Crippen MR) is 118 cm³/mol. The van der Waals surface area contributed by atoms with E-state index in [0.717, 1.165) is 5.39 Å². The van der Waals surface area contributed by atoms with Gasteiger partial charge in [0.1, 0.15) is 18.2 Å². The number of benzene rings is 3. The number of nitro benzene ring substituents is 1. The Labute approximate surface area is 177 Å². The van der Waals surface area contributed by atoms with Crippen LogP contribution in [-0.2, 0) is 11.5 Å². The number of methoxy groups -OCH3 is 3. The molecule has 8 heteroatoms. The van der Waals surface area contributed by atoms with Gasteiger partial charge in [0, 0.05) is 29.5 Å². The predicted octanol–water partition coefficient (Wildman–Crippen LogP) is 4.35. The van der Waals surface area contributed by atoms with Crippen molar-refractivity contribution in [1.82, 2.24) is 4.57 Å². The molecule has 1 aromatic heterocycles. The minimum Gasteiger partial charge on any atom is -0.496 e. The summed E-state index contributed by atoms with van der Waals surface area (Å²) in [6.45, 7) is 0.0382. The highest BCUT2D eigenvalue weighted by Gasteiger charge is 2.25. The molecule has 4 aromatic rings. The number of hydrogen-bond donors (Lipinski definition) is 0. The van der Waals surface area contributed by atoms with Gasteiger partial charge in [-0.1, -0.05) is 30.3 Å². The van der Waals surface area contributed by atoms with E-state index in [9.17, 15) is 14.9 Å². The lowest BCUT2D eigenvalue weighted by molar-refractivity contribution is -0.384. The van der Waals surface area contributed by atoms with Crippen molar-refractivity contribution < 1.29 is 19.1 Å². The van der Waals surface area contributed by atoms with Crippen LogP contribution in [0.15, 0.2) is 59.4 Å². The molecular formula is C23H20N2O6. The number of nitro groups is 1. The maximum atomic E-state index is 13.6. The summed E-state index contributed by atoms with van der Waals surface area (Å²) in [4.78, 5) is 24.8. The monoisotopic (exact) mass is 420 g/mol. The van der Waals surface area contributed by atoms with Crippen LogP contribution in [-0.4, -0.2) is 30.8 Å². The molecule has 0 aliphatic heterocycles. The van der Waals surface area contributed by atoms with Gasteiger partial charge in [0.05, 0.1) is 35.6 Å². The van der Waals surface area contributed by atoms with E-state index in [4.69, 9.17) is 14.2 Å². The third kappa shape index (κ3) is 3.17. The summed E-state index contributed by atoms with van der Waals surface area (Å²) in [6.07, 6.45) is 0. The Morgan fingerprint density at radius 2 is 1.65 bits per heavy atom. The van der Waals surface area contributed by atoms with E-state index >= 15 is 0 Å². The third-order valence-corrected chi connectivity index (χ3v) is 5.24. The van der Waals surface area contributed by atoms with Gasteiger partial charge in [-0.25, -0.2) is 0 Å². The molecule has 0 bridgehead atoms. The number of nitrogens with zero attached hydrogens (tertiary/aromatic N) is 2. The van der Waals surface area contributed by atoms with E-state index in [2.05, 4.69) is 0 Å². The zero-order chi connectivity index (χ0) is 22.1. The lowest BCUT2D eigenvalue weighted by Crippen LogP contribution is -2.22. The normalized spacial score (nSPS) is 11.1. The first-order chi connectivity index (χ1) is 15.0. The molecule has 158 valence electrons. The summed E-state index contributed by atoms with van der Waals surface area (Å²) in [5.74, 6) is 0.660. The minimum absolute atomic E-state index is 0.0382. The van der Waals surface area contributed by atoms with Crippen LogP contribution in [0.4, 0.5) is 5.69 Å². The average Bonchev–Trinajstić information content (AvgIpc) is 2.80. The molecule has 0 radical (unpaired) electrons. The molecule has 0 unspecified atom stereocenters. The molecule has 0 atom stereocenters. The van der Waals surface area contributed by atoms with E-state index in [-0.39, 0.29) is 29.1 Å².